The van der Waals surface area contributed by atoms with Gasteiger partial charge in [0.25, 0.3) is 0 Å². The molecule has 9 fully saturated rings. The van der Waals surface area contributed by atoms with Gasteiger partial charge in [-0.3, -0.25) is 0 Å². The van der Waals surface area contributed by atoms with Crippen molar-refractivity contribution in [1.29, 1.82) is 0 Å². The van der Waals surface area contributed by atoms with E-state index < -0.39 is 27.0 Å². The van der Waals surface area contributed by atoms with E-state index in [1.165, 1.54) is 256 Å². The summed E-state index contributed by atoms with van der Waals surface area (Å²) in [5.41, 5.74) is 26.1. The molecule has 2 aliphatic heterocycles. The van der Waals surface area contributed by atoms with Crippen molar-refractivity contribution in [2.45, 2.75) is 325 Å². The predicted octanol–water partition coefficient (Wildman–Crippen LogP) is 29.5. The normalized spacial score (nSPS) is 20.4. The maximum absolute atomic E-state index is 5.67. The summed E-state index contributed by atoms with van der Waals surface area (Å²) in [4.78, 5) is 10.0. The molecule has 6 aromatic rings. The number of aryl methyl sites for hydroxylation is 12. The summed E-state index contributed by atoms with van der Waals surface area (Å²) in [5.74, 6) is 4.55. The summed E-state index contributed by atoms with van der Waals surface area (Å²) >= 11 is -3.23. The van der Waals surface area contributed by atoms with Gasteiger partial charge in [0.1, 0.15) is 0 Å². The molecule has 108 heavy (non-hydrogen) atoms. The number of benzene rings is 6. The van der Waals surface area contributed by atoms with Gasteiger partial charge in [-0.25, -0.2) is 0 Å². The second kappa shape index (κ2) is 48.8. The van der Waals surface area contributed by atoms with E-state index in [1.54, 1.807) is 51.4 Å². The van der Waals surface area contributed by atoms with E-state index in [0.717, 1.165) is 59.2 Å². The first kappa shape index (κ1) is 91.1. The number of fused-ring (bicyclic) bond motifs is 1. The minimum absolute atomic E-state index is 0.582. The van der Waals surface area contributed by atoms with Crippen LogP contribution in [0.2, 0.25) is 0 Å². The Hall–Kier alpha value is -2.47. The second-order valence-corrected chi connectivity index (χ2v) is 47.0. The van der Waals surface area contributed by atoms with Crippen LogP contribution in [-0.2, 0) is 27.0 Å². The van der Waals surface area contributed by atoms with Crippen LogP contribution in [0.3, 0.4) is 0 Å². The molecule has 0 bridgehead atoms. The summed E-state index contributed by atoms with van der Waals surface area (Å²) in [7, 11) is 28.5. The van der Waals surface area contributed by atoms with E-state index in [9.17, 15) is 0 Å². The first-order valence-electron chi connectivity index (χ1n) is 42.4. The van der Waals surface area contributed by atoms with Crippen molar-refractivity contribution < 1.29 is 27.0 Å². The third-order valence-electron chi connectivity index (χ3n) is 24.4. The molecule has 0 amide bonds. The van der Waals surface area contributed by atoms with Crippen LogP contribution in [0.5, 0.6) is 0 Å². The topological polar surface area (TPSA) is 13.0 Å². The molecule has 2 unspecified atom stereocenters. The fourth-order valence-electron chi connectivity index (χ4n) is 19.7. The fourth-order valence-corrected chi connectivity index (χ4v) is 24.2. The Balaban J connectivity index is 0.000000163. The average molecular weight is 1760 g/mol. The third kappa shape index (κ3) is 30.3. The van der Waals surface area contributed by atoms with Crippen LogP contribution in [-0.4, -0.2) is 45.7 Å². The average Bonchev–Trinajstić information content (AvgIpc) is 1.60. The molecule has 4 atom stereocenters. The van der Waals surface area contributed by atoms with Crippen LogP contribution >= 0.6 is 57.2 Å². The Morgan fingerprint density at radius 1 is 0.296 bits per heavy atom. The standard InChI is InChI=1S/C25H33N2.C21H27N2.2C12H22.2C7H6.2C6H13P.4ClH.2Ru/c1-16-11-18(3)24(19(4)12-16)26-15-27(23-10-8-7-9-22(23)26)25-20(5)13-17(2)14-21(25)6;1-14-9-16(3)20(17(4)10-14)22-7-8-23(13-22)21-18(5)11-15(2)12-19(21)6;2*1-3-7-11(8-4-1)12-9-5-2-6-10-12;2*1-7-5-3-2-4-6-7;2*7-6-4-2-1-3-5-6;;;;;;/h11-15,22-23H,7-10H2,1-6H3;9-13H,7-8H2,1-6H3;2*11-12H,1-10H2;2*1-6H;2*6H,1-5,7H2;4*1H;;/q2*-1;;;;;;;;;;;2*+2/p-4/t22-,23-;;;;;;;;;;;;;/m1............./s1. The zero-order valence-corrected chi connectivity index (χ0v) is 77.7. The molecule has 6 aromatic carbocycles. The molecule has 0 spiro atoms. The number of hydrogen-bond donors (Lipinski definition) is 0. The number of rotatable bonds is 8. The fraction of sp³-hybridized carbons (Fsp3) is 0.583. The van der Waals surface area contributed by atoms with Crippen molar-refractivity contribution in [2.75, 3.05) is 32.7 Å². The molecule has 602 valence electrons. The zero-order chi connectivity index (χ0) is 77.5. The number of anilines is 4. The summed E-state index contributed by atoms with van der Waals surface area (Å²) in [6, 6.07) is 39.4. The minimum atomic E-state index is -1.61. The summed E-state index contributed by atoms with van der Waals surface area (Å²) < 4.78 is 3.85. The molecule has 7 saturated carbocycles. The molecule has 12 heteroatoms. The van der Waals surface area contributed by atoms with Crippen LogP contribution in [0.15, 0.2) is 109 Å². The van der Waals surface area contributed by atoms with E-state index in [2.05, 4.69) is 183 Å². The first-order chi connectivity index (χ1) is 52.0. The van der Waals surface area contributed by atoms with Gasteiger partial charge < -0.3 is 19.6 Å². The molecular weight excluding hydrogens is 1610 g/mol. The first-order valence-corrected chi connectivity index (χ1v) is 54.7. The van der Waals surface area contributed by atoms with Crippen LogP contribution in [0.25, 0.3) is 0 Å². The van der Waals surface area contributed by atoms with Crippen molar-refractivity contribution in [3.8, 4) is 0 Å². The Kier molecular flexibility index (Phi) is 41.1. The van der Waals surface area contributed by atoms with Gasteiger partial charge in [0.05, 0.1) is 0 Å². The molecule has 9 aliphatic rings. The van der Waals surface area contributed by atoms with Gasteiger partial charge in [-0.2, -0.15) is 13.3 Å². The SMILES string of the molecule is C1CCC(C2CCCCC2)CC1.C1CCC(C2CCCCC2)CC1.Cc1cc(C)c(N2[CH-]N(c3c(C)cc(C)cc3C)CC2)c(C)c1.Cc1cc(C)c(N2[CH-]N(c3c(C)cc(C)cc3C)[C@@H]3CCCC[C@H]32)c(C)c1.PC1CCCCC1.PC1CCCCC1.[Cl][Ru]([Cl])=[CH]c1ccccc1.[Cl][Ru]([Cl])=[CH]c1ccccc1. The van der Waals surface area contributed by atoms with E-state index in [-0.39, 0.29) is 0 Å². The van der Waals surface area contributed by atoms with Gasteiger partial charge in [-0.1, -0.05) is 251 Å². The van der Waals surface area contributed by atoms with Gasteiger partial charge >= 0.3 is 147 Å². The van der Waals surface area contributed by atoms with E-state index in [0.29, 0.717) is 12.1 Å². The monoisotopic (exact) mass is 1760 g/mol. The quantitative estimate of drug-likeness (QED) is 0.0855. The van der Waals surface area contributed by atoms with E-state index >= 15 is 0 Å². The van der Waals surface area contributed by atoms with Gasteiger partial charge in [-0.05, 0) is 201 Å². The summed E-state index contributed by atoms with van der Waals surface area (Å²) in [6.45, 7) is 33.5. The maximum atomic E-state index is 5.67. The van der Waals surface area contributed by atoms with Crippen LogP contribution in [0, 0.1) is 120 Å². The molecule has 0 radical (unpaired) electrons. The Morgan fingerprint density at radius 2 is 0.519 bits per heavy atom. The second-order valence-electron chi connectivity index (χ2n) is 33.7. The summed E-state index contributed by atoms with van der Waals surface area (Å²) in [5, 5.41) is 0. The van der Waals surface area contributed by atoms with E-state index in [4.69, 9.17) is 38.8 Å². The molecule has 4 nitrogen and oxygen atoms in total. The molecule has 2 heterocycles. The Labute approximate surface area is 691 Å². The molecule has 15 rings (SSSR count). The van der Waals surface area contributed by atoms with Gasteiger partial charge in [0, 0.05) is 47.9 Å². The van der Waals surface area contributed by atoms with Crippen molar-refractivity contribution in [2.24, 2.45) is 23.7 Å². The number of hydrogen-bond acceptors (Lipinski definition) is 4. The van der Waals surface area contributed by atoms with Gasteiger partial charge in [0.2, 0.25) is 0 Å². The zero-order valence-electron chi connectivity index (χ0n) is 68.9. The molecular formula is C96H142Cl4N4P2Ru2-2. The van der Waals surface area contributed by atoms with Crippen LogP contribution in [0.4, 0.5) is 22.7 Å². The summed E-state index contributed by atoms with van der Waals surface area (Å²) in [6.07, 6.45) is 50.7. The van der Waals surface area contributed by atoms with Crippen molar-refractivity contribution in [3.63, 3.8) is 0 Å². The van der Waals surface area contributed by atoms with Crippen molar-refractivity contribution in [3.05, 3.63) is 200 Å². The van der Waals surface area contributed by atoms with Crippen molar-refractivity contribution in [1.82, 2.24) is 0 Å². The molecule has 2 saturated heterocycles. The molecule has 0 aromatic heterocycles. The predicted molar refractivity (Wildman–Crippen MR) is 483 cm³/mol. The molecule has 0 N–H and O–H groups in total. The molecule has 7 aliphatic carbocycles. The number of nitrogens with zero attached hydrogens (tertiary/aromatic N) is 4. The van der Waals surface area contributed by atoms with Gasteiger partial charge in [-0.15, -0.1) is 18.5 Å². The van der Waals surface area contributed by atoms with Crippen LogP contribution in [0.1, 0.15) is 296 Å². The Morgan fingerprint density at radius 3 is 0.741 bits per heavy atom. The number of halogens is 4. The van der Waals surface area contributed by atoms with Crippen molar-refractivity contribution >= 4 is 89.2 Å². The van der Waals surface area contributed by atoms with Crippen LogP contribution < -0.4 is 19.6 Å². The van der Waals surface area contributed by atoms with Gasteiger partial charge in [0.15, 0.2) is 0 Å². The van der Waals surface area contributed by atoms with E-state index in [1.807, 2.05) is 69.9 Å². The third-order valence-corrected chi connectivity index (χ3v) is 29.4. The Bertz CT molecular complexity index is 3290.